The molecule has 0 radical (unpaired) electrons. The van der Waals surface area contributed by atoms with Gasteiger partial charge in [0.1, 0.15) is 5.75 Å². The first-order chi connectivity index (χ1) is 13.4. The summed E-state index contributed by atoms with van der Waals surface area (Å²) in [6, 6.07) is 4.88. The average molecular weight is 410 g/mol. The number of sulfonamides is 1. The Hall–Kier alpha value is -1.64. The van der Waals surface area contributed by atoms with Crippen LogP contribution < -0.4 is 4.74 Å². The maximum atomic E-state index is 12.8. The summed E-state index contributed by atoms with van der Waals surface area (Å²) in [6.45, 7) is 9.32. The van der Waals surface area contributed by atoms with Crippen molar-refractivity contribution in [2.45, 2.75) is 38.0 Å². The molecule has 0 atom stereocenters. The second-order valence-corrected chi connectivity index (χ2v) is 9.43. The van der Waals surface area contributed by atoms with Crippen LogP contribution in [0.4, 0.5) is 0 Å². The molecule has 0 unspecified atom stereocenters. The van der Waals surface area contributed by atoms with Crippen molar-refractivity contribution >= 4 is 15.9 Å². The summed E-state index contributed by atoms with van der Waals surface area (Å²) in [5, 5.41) is 0. The fourth-order valence-corrected chi connectivity index (χ4v) is 5.35. The third kappa shape index (κ3) is 4.85. The zero-order valence-corrected chi connectivity index (χ0v) is 17.7. The van der Waals surface area contributed by atoms with E-state index in [0.29, 0.717) is 23.7 Å². The number of hydrogen-bond acceptors (Lipinski definition) is 5. The summed E-state index contributed by atoms with van der Waals surface area (Å²) in [5.74, 6) is 0.526. The second kappa shape index (κ2) is 9.24. The molecule has 7 nitrogen and oxygen atoms in total. The number of piperazine rings is 1. The van der Waals surface area contributed by atoms with Crippen LogP contribution in [-0.4, -0.2) is 80.9 Å². The van der Waals surface area contributed by atoms with Crippen molar-refractivity contribution in [2.24, 2.45) is 0 Å². The highest BCUT2D eigenvalue weighted by Crippen LogP contribution is 2.26. The van der Waals surface area contributed by atoms with Gasteiger partial charge in [-0.1, -0.05) is 13.3 Å². The van der Waals surface area contributed by atoms with Crippen molar-refractivity contribution in [1.82, 2.24) is 14.1 Å². The second-order valence-electron chi connectivity index (χ2n) is 7.50. The average Bonchev–Trinajstić information content (AvgIpc) is 2.73. The predicted molar refractivity (Wildman–Crippen MR) is 108 cm³/mol. The third-order valence-corrected chi connectivity index (χ3v) is 7.52. The van der Waals surface area contributed by atoms with Gasteiger partial charge in [0, 0.05) is 39.3 Å². The van der Waals surface area contributed by atoms with E-state index in [1.165, 1.54) is 0 Å². The van der Waals surface area contributed by atoms with Gasteiger partial charge in [0.15, 0.2) is 6.61 Å². The molecule has 8 heteroatoms. The zero-order chi connectivity index (χ0) is 20.1. The summed E-state index contributed by atoms with van der Waals surface area (Å²) in [6.07, 6.45) is 2.90. The Morgan fingerprint density at radius 2 is 1.71 bits per heavy atom. The molecule has 1 aromatic carbocycles. The normalized spacial score (nSPS) is 19.6. The molecule has 28 heavy (non-hydrogen) atoms. The number of benzene rings is 1. The van der Waals surface area contributed by atoms with Crippen LogP contribution in [0.3, 0.4) is 0 Å². The van der Waals surface area contributed by atoms with Crippen LogP contribution in [0.2, 0.25) is 0 Å². The van der Waals surface area contributed by atoms with Crippen molar-refractivity contribution in [3.05, 3.63) is 23.8 Å². The molecule has 1 amide bonds. The van der Waals surface area contributed by atoms with Crippen LogP contribution in [0.25, 0.3) is 0 Å². The Balaban J connectivity index is 1.59. The lowest BCUT2D eigenvalue weighted by Gasteiger charge is -2.34. The highest BCUT2D eigenvalue weighted by molar-refractivity contribution is 7.89. The Kier molecular flexibility index (Phi) is 6.95. The standard InChI is InChI=1S/C20H31N3O4S/c1-3-21-11-13-22(14-12-21)20(24)16-27-19-8-7-18(15-17(19)2)28(25,26)23-9-5-4-6-10-23/h7-8,15H,3-6,9-14,16H2,1-2H3. The van der Waals surface area contributed by atoms with E-state index in [9.17, 15) is 13.2 Å². The number of carbonyl (C=O) groups is 1. The molecule has 2 fully saturated rings. The molecule has 1 aromatic rings. The minimum atomic E-state index is -3.46. The molecule has 0 spiro atoms. The summed E-state index contributed by atoms with van der Waals surface area (Å²) in [7, 11) is -3.46. The van der Waals surface area contributed by atoms with Crippen LogP contribution in [0.5, 0.6) is 5.75 Å². The van der Waals surface area contributed by atoms with Gasteiger partial charge in [-0.2, -0.15) is 4.31 Å². The van der Waals surface area contributed by atoms with Crippen LogP contribution in [0, 0.1) is 6.92 Å². The highest BCUT2D eigenvalue weighted by atomic mass is 32.2. The largest absolute Gasteiger partial charge is 0.483 e. The van der Waals surface area contributed by atoms with E-state index in [1.54, 1.807) is 22.5 Å². The van der Waals surface area contributed by atoms with E-state index in [2.05, 4.69) is 11.8 Å². The Morgan fingerprint density at radius 3 is 2.32 bits per heavy atom. The van der Waals surface area contributed by atoms with E-state index in [0.717, 1.165) is 57.5 Å². The van der Waals surface area contributed by atoms with Crippen LogP contribution in [-0.2, 0) is 14.8 Å². The molecule has 156 valence electrons. The topological polar surface area (TPSA) is 70.2 Å². The number of ether oxygens (including phenoxy) is 1. The van der Waals surface area contributed by atoms with Crippen molar-refractivity contribution in [2.75, 3.05) is 52.4 Å². The first kappa shape index (κ1) is 21.1. The first-order valence-electron chi connectivity index (χ1n) is 10.2. The third-order valence-electron chi connectivity index (χ3n) is 5.62. The Labute approximate surface area is 168 Å². The van der Waals surface area contributed by atoms with Crippen LogP contribution in [0.15, 0.2) is 23.1 Å². The molecule has 0 N–H and O–H groups in total. The number of piperidine rings is 1. The number of rotatable bonds is 6. The van der Waals surface area contributed by atoms with Gasteiger partial charge in [-0.25, -0.2) is 8.42 Å². The highest BCUT2D eigenvalue weighted by Gasteiger charge is 2.26. The van der Waals surface area contributed by atoms with Gasteiger partial charge in [0.25, 0.3) is 5.91 Å². The number of amides is 1. The number of likely N-dealkylation sites (N-methyl/N-ethyl adjacent to an activating group) is 1. The fraction of sp³-hybridized carbons (Fsp3) is 0.650. The predicted octanol–water partition coefficient (Wildman–Crippen LogP) is 1.71. The Bertz CT molecular complexity index is 783. The van der Waals surface area contributed by atoms with Gasteiger partial charge in [-0.15, -0.1) is 0 Å². The lowest BCUT2D eigenvalue weighted by Crippen LogP contribution is -2.49. The molecule has 2 aliphatic heterocycles. The summed E-state index contributed by atoms with van der Waals surface area (Å²) < 4.78 is 32.9. The van der Waals surface area contributed by atoms with Gasteiger partial charge >= 0.3 is 0 Å². The maximum absolute atomic E-state index is 12.8. The molecular formula is C20H31N3O4S. The lowest BCUT2D eigenvalue weighted by atomic mass is 10.2. The van der Waals surface area contributed by atoms with Gasteiger partial charge < -0.3 is 14.5 Å². The summed E-state index contributed by atoms with van der Waals surface area (Å²) >= 11 is 0. The van der Waals surface area contributed by atoms with Crippen LogP contribution >= 0.6 is 0 Å². The number of nitrogens with zero attached hydrogens (tertiary/aromatic N) is 3. The van der Waals surface area contributed by atoms with Gasteiger partial charge in [-0.3, -0.25) is 4.79 Å². The van der Waals surface area contributed by atoms with Crippen molar-refractivity contribution in [3.63, 3.8) is 0 Å². The number of carbonyl (C=O) groups excluding carboxylic acids is 1. The molecule has 0 bridgehead atoms. The van der Waals surface area contributed by atoms with E-state index >= 15 is 0 Å². The lowest BCUT2D eigenvalue weighted by molar-refractivity contribution is -0.135. The van der Waals surface area contributed by atoms with E-state index in [-0.39, 0.29) is 12.5 Å². The van der Waals surface area contributed by atoms with Crippen LogP contribution in [0.1, 0.15) is 31.7 Å². The zero-order valence-electron chi connectivity index (χ0n) is 16.9. The van der Waals surface area contributed by atoms with Gasteiger partial charge in [0.05, 0.1) is 4.90 Å². The van der Waals surface area contributed by atoms with Gasteiger partial charge in [-0.05, 0) is 50.1 Å². The molecular weight excluding hydrogens is 378 g/mol. The molecule has 0 aliphatic carbocycles. The minimum Gasteiger partial charge on any atom is -0.483 e. The smallest absolute Gasteiger partial charge is 0.260 e. The minimum absolute atomic E-state index is 0.0226. The monoisotopic (exact) mass is 409 g/mol. The molecule has 0 aromatic heterocycles. The van der Waals surface area contributed by atoms with E-state index in [1.807, 2.05) is 11.8 Å². The first-order valence-corrected chi connectivity index (χ1v) is 11.6. The molecule has 2 aliphatic rings. The molecule has 3 rings (SSSR count). The molecule has 2 heterocycles. The molecule has 0 saturated carbocycles. The number of aryl methyl sites for hydroxylation is 1. The number of hydrogen-bond donors (Lipinski definition) is 0. The quantitative estimate of drug-likeness (QED) is 0.715. The summed E-state index contributed by atoms with van der Waals surface area (Å²) in [5.41, 5.74) is 0.724. The molecule has 2 saturated heterocycles. The fourth-order valence-electron chi connectivity index (χ4n) is 3.74. The van der Waals surface area contributed by atoms with Gasteiger partial charge in [0.2, 0.25) is 10.0 Å². The SMILES string of the molecule is CCN1CCN(C(=O)COc2ccc(S(=O)(=O)N3CCCCC3)cc2C)CC1. The van der Waals surface area contributed by atoms with E-state index < -0.39 is 10.0 Å². The van der Waals surface area contributed by atoms with Crippen molar-refractivity contribution in [1.29, 1.82) is 0 Å². The summed E-state index contributed by atoms with van der Waals surface area (Å²) in [4.78, 5) is 16.8. The maximum Gasteiger partial charge on any atom is 0.260 e. The van der Waals surface area contributed by atoms with E-state index in [4.69, 9.17) is 4.74 Å². The van der Waals surface area contributed by atoms with Crippen molar-refractivity contribution in [3.8, 4) is 5.75 Å². The Morgan fingerprint density at radius 1 is 1.04 bits per heavy atom. The van der Waals surface area contributed by atoms with Crippen molar-refractivity contribution < 1.29 is 17.9 Å².